The summed E-state index contributed by atoms with van der Waals surface area (Å²) in [6.45, 7) is 2.15. The van der Waals surface area contributed by atoms with Gasteiger partial charge in [0.2, 0.25) is 5.91 Å². The van der Waals surface area contributed by atoms with Crippen LogP contribution in [0.5, 0.6) is 0 Å². The minimum atomic E-state index is 0.0584. The van der Waals surface area contributed by atoms with E-state index in [-0.39, 0.29) is 5.54 Å². The molecular weight excluding hydrogens is 256 g/mol. The fraction of sp³-hybridized carbons (Fsp3) is 0.933. The van der Waals surface area contributed by atoms with Gasteiger partial charge in [0, 0.05) is 25.0 Å². The van der Waals surface area contributed by atoms with Crippen molar-refractivity contribution in [1.82, 2.24) is 10.2 Å². The van der Waals surface area contributed by atoms with Crippen molar-refractivity contribution in [1.29, 1.82) is 0 Å². The maximum atomic E-state index is 12.5. The van der Waals surface area contributed by atoms with Gasteiger partial charge in [-0.2, -0.15) is 11.8 Å². The van der Waals surface area contributed by atoms with Gasteiger partial charge in [0.25, 0.3) is 0 Å². The summed E-state index contributed by atoms with van der Waals surface area (Å²) in [4.78, 5) is 14.4. The van der Waals surface area contributed by atoms with Crippen LogP contribution in [0.3, 0.4) is 0 Å². The molecule has 0 spiro atoms. The Bertz CT molecular complexity index is 277. The zero-order chi connectivity index (χ0) is 14.3. The predicted molar refractivity (Wildman–Crippen MR) is 84.7 cm³/mol. The fourth-order valence-electron chi connectivity index (χ4n) is 2.89. The number of hydrogen-bond donors (Lipinski definition) is 1. The summed E-state index contributed by atoms with van der Waals surface area (Å²) in [6, 6.07) is 0.345. The third kappa shape index (κ3) is 4.99. The van der Waals surface area contributed by atoms with Crippen LogP contribution in [0.25, 0.3) is 0 Å². The molecule has 0 bridgehead atoms. The number of hydrogen-bond acceptors (Lipinski definition) is 3. The quantitative estimate of drug-likeness (QED) is 0.781. The van der Waals surface area contributed by atoms with Gasteiger partial charge in [0.15, 0.2) is 0 Å². The zero-order valence-corrected chi connectivity index (χ0v) is 13.8. The van der Waals surface area contributed by atoms with E-state index in [9.17, 15) is 4.79 Å². The van der Waals surface area contributed by atoms with Crippen LogP contribution in [0.1, 0.15) is 51.9 Å². The molecule has 0 saturated heterocycles. The fourth-order valence-corrected chi connectivity index (χ4v) is 3.46. The summed E-state index contributed by atoms with van der Waals surface area (Å²) in [5, 5.41) is 3.43. The van der Waals surface area contributed by atoms with Gasteiger partial charge in [-0.15, -0.1) is 0 Å². The van der Waals surface area contributed by atoms with E-state index in [1.807, 2.05) is 30.8 Å². The van der Waals surface area contributed by atoms with Crippen molar-refractivity contribution in [3.05, 3.63) is 0 Å². The SMILES string of the molecule is CNC1(CC(=O)N(C)C(C)CCSC)CCCCC1. The molecule has 1 aliphatic rings. The molecule has 0 aromatic rings. The largest absolute Gasteiger partial charge is 0.343 e. The monoisotopic (exact) mass is 286 g/mol. The Morgan fingerprint density at radius 1 is 1.37 bits per heavy atom. The number of thioether (sulfide) groups is 1. The van der Waals surface area contributed by atoms with Crippen molar-refractivity contribution in [2.75, 3.05) is 26.1 Å². The first-order chi connectivity index (χ1) is 9.04. The van der Waals surface area contributed by atoms with E-state index in [1.54, 1.807) is 0 Å². The lowest BCUT2D eigenvalue weighted by Gasteiger charge is -2.38. The standard InChI is InChI=1S/C15H30N2OS/c1-13(8-11-19-4)17(3)14(18)12-15(16-2)9-6-5-7-10-15/h13,16H,5-12H2,1-4H3. The van der Waals surface area contributed by atoms with Gasteiger partial charge in [-0.1, -0.05) is 19.3 Å². The van der Waals surface area contributed by atoms with Crippen LogP contribution in [0, 0.1) is 0 Å². The molecule has 1 N–H and O–H groups in total. The maximum absolute atomic E-state index is 12.5. The Balaban J connectivity index is 2.51. The second-order valence-electron chi connectivity index (χ2n) is 5.90. The first kappa shape index (κ1) is 16.8. The predicted octanol–water partition coefficient (Wildman–Crippen LogP) is 2.90. The number of amides is 1. The van der Waals surface area contributed by atoms with E-state index in [2.05, 4.69) is 18.5 Å². The van der Waals surface area contributed by atoms with E-state index in [0.717, 1.165) is 25.0 Å². The van der Waals surface area contributed by atoms with Crippen LogP contribution in [-0.2, 0) is 4.79 Å². The summed E-state index contributed by atoms with van der Waals surface area (Å²) in [7, 11) is 3.97. The Morgan fingerprint density at radius 2 is 2.00 bits per heavy atom. The highest BCUT2D eigenvalue weighted by molar-refractivity contribution is 7.98. The molecule has 1 unspecified atom stereocenters. The van der Waals surface area contributed by atoms with Crippen molar-refractivity contribution in [2.24, 2.45) is 0 Å². The van der Waals surface area contributed by atoms with Gasteiger partial charge < -0.3 is 10.2 Å². The van der Waals surface area contributed by atoms with Crippen LogP contribution in [0.2, 0.25) is 0 Å². The topological polar surface area (TPSA) is 32.3 Å². The van der Waals surface area contributed by atoms with Gasteiger partial charge in [0.1, 0.15) is 0 Å². The highest BCUT2D eigenvalue weighted by atomic mass is 32.2. The molecule has 0 heterocycles. The molecule has 112 valence electrons. The smallest absolute Gasteiger partial charge is 0.224 e. The van der Waals surface area contributed by atoms with Crippen LogP contribution in [0.4, 0.5) is 0 Å². The summed E-state index contributed by atoms with van der Waals surface area (Å²) >= 11 is 1.85. The minimum absolute atomic E-state index is 0.0584. The molecular formula is C15H30N2OS. The van der Waals surface area contributed by atoms with E-state index >= 15 is 0 Å². The molecule has 0 aromatic heterocycles. The van der Waals surface area contributed by atoms with Gasteiger partial charge in [-0.3, -0.25) is 4.79 Å². The first-order valence-electron chi connectivity index (χ1n) is 7.48. The van der Waals surface area contributed by atoms with E-state index < -0.39 is 0 Å². The molecule has 1 rings (SSSR count). The van der Waals surface area contributed by atoms with Gasteiger partial charge >= 0.3 is 0 Å². The first-order valence-corrected chi connectivity index (χ1v) is 8.87. The summed E-state index contributed by atoms with van der Waals surface area (Å²) in [5.41, 5.74) is 0.0584. The van der Waals surface area contributed by atoms with Gasteiger partial charge in [0.05, 0.1) is 0 Å². The highest BCUT2D eigenvalue weighted by Gasteiger charge is 2.34. The molecule has 3 nitrogen and oxygen atoms in total. The molecule has 1 amide bonds. The van der Waals surface area contributed by atoms with Crippen LogP contribution >= 0.6 is 11.8 Å². The molecule has 1 aliphatic carbocycles. The molecule has 4 heteroatoms. The molecule has 1 saturated carbocycles. The van der Waals surface area contributed by atoms with Gasteiger partial charge in [-0.25, -0.2) is 0 Å². The number of nitrogens with zero attached hydrogens (tertiary/aromatic N) is 1. The Kier molecular flexibility index (Phi) is 7.22. The number of carbonyl (C=O) groups is 1. The Hall–Kier alpha value is -0.220. The number of carbonyl (C=O) groups excluding carboxylic acids is 1. The lowest BCUT2D eigenvalue weighted by Crippen LogP contribution is -2.49. The maximum Gasteiger partial charge on any atom is 0.224 e. The van der Waals surface area contributed by atoms with Crippen molar-refractivity contribution >= 4 is 17.7 Å². The summed E-state index contributed by atoms with van der Waals surface area (Å²) in [5.74, 6) is 1.42. The second kappa shape index (κ2) is 8.15. The number of rotatable bonds is 7. The zero-order valence-electron chi connectivity index (χ0n) is 13.0. The Labute approximate surface area is 122 Å². The molecule has 1 fully saturated rings. The van der Waals surface area contributed by atoms with Crippen LogP contribution in [-0.4, -0.2) is 48.5 Å². The second-order valence-corrected chi connectivity index (χ2v) is 6.89. The van der Waals surface area contributed by atoms with E-state index in [4.69, 9.17) is 0 Å². The normalized spacial score (nSPS) is 20.0. The summed E-state index contributed by atoms with van der Waals surface area (Å²) < 4.78 is 0. The average Bonchev–Trinajstić information content (AvgIpc) is 2.44. The molecule has 0 aliphatic heterocycles. The lowest BCUT2D eigenvalue weighted by molar-refractivity contribution is -0.133. The average molecular weight is 286 g/mol. The highest BCUT2D eigenvalue weighted by Crippen LogP contribution is 2.31. The third-order valence-corrected chi connectivity index (χ3v) is 5.27. The molecule has 1 atom stereocenters. The third-order valence-electron chi connectivity index (χ3n) is 4.62. The van der Waals surface area contributed by atoms with Crippen LogP contribution < -0.4 is 5.32 Å². The van der Waals surface area contributed by atoms with Crippen molar-refractivity contribution in [3.63, 3.8) is 0 Å². The molecule has 19 heavy (non-hydrogen) atoms. The van der Waals surface area contributed by atoms with Crippen molar-refractivity contribution in [3.8, 4) is 0 Å². The summed E-state index contributed by atoms with van der Waals surface area (Å²) in [6.07, 6.45) is 9.95. The Morgan fingerprint density at radius 3 is 2.53 bits per heavy atom. The van der Waals surface area contributed by atoms with Crippen molar-refractivity contribution < 1.29 is 4.79 Å². The van der Waals surface area contributed by atoms with Crippen molar-refractivity contribution in [2.45, 2.75) is 63.5 Å². The van der Waals surface area contributed by atoms with Crippen LogP contribution in [0.15, 0.2) is 0 Å². The lowest BCUT2D eigenvalue weighted by atomic mass is 9.79. The van der Waals surface area contributed by atoms with Gasteiger partial charge in [-0.05, 0) is 45.2 Å². The molecule has 0 radical (unpaired) electrons. The molecule has 0 aromatic carbocycles. The van der Waals surface area contributed by atoms with E-state index in [1.165, 1.54) is 19.3 Å². The minimum Gasteiger partial charge on any atom is -0.343 e. The van der Waals surface area contributed by atoms with E-state index in [0.29, 0.717) is 18.4 Å². The number of nitrogens with one attached hydrogen (secondary N) is 1.